The lowest BCUT2D eigenvalue weighted by Gasteiger charge is -2.38. The number of thiophene rings is 1. The Morgan fingerprint density at radius 3 is 2.62 bits per heavy atom. The Labute approximate surface area is 200 Å². The molecule has 0 unspecified atom stereocenters. The second kappa shape index (κ2) is 10.2. The van der Waals surface area contributed by atoms with Gasteiger partial charge in [0.25, 0.3) is 0 Å². The molecule has 2 heterocycles. The molecule has 1 aromatic carbocycles. The zero-order chi connectivity index (χ0) is 22.7. The van der Waals surface area contributed by atoms with Gasteiger partial charge in [0, 0.05) is 36.7 Å². The number of esters is 1. The second-order valence-corrected chi connectivity index (χ2v) is 10.1. The maximum absolute atomic E-state index is 12.8. The summed E-state index contributed by atoms with van der Waals surface area (Å²) in [6, 6.07) is 6.50. The Morgan fingerprint density at radius 1 is 1.12 bits per heavy atom. The van der Waals surface area contributed by atoms with E-state index >= 15 is 0 Å². The van der Waals surface area contributed by atoms with Crippen LogP contribution in [-0.2, 0) is 17.6 Å². The number of nitrogens with zero attached hydrogens (tertiary/aromatic N) is 2. The molecule has 1 fully saturated rings. The monoisotopic (exact) mass is 471 g/mol. The quantitative estimate of drug-likeness (QED) is 0.369. The molecule has 2 aromatic rings. The zero-order valence-corrected chi connectivity index (χ0v) is 21.0. The van der Waals surface area contributed by atoms with E-state index in [-0.39, 0.29) is 5.97 Å². The molecule has 4 rings (SSSR count). The van der Waals surface area contributed by atoms with Gasteiger partial charge in [-0.05, 0) is 81.4 Å². The number of piperazine rings is 1. The molecule has 1 aromatic heterocycles. The number of fused-ring (bicyclic) bond motifs is 1. The number of anilines is 2. The first kappa shape index (κ1) is 23.1. The lowest BCUT2D eigenvalue weighted by Crippen LogP contribution is -2.50. The summed E-state index contributed by atoms with van der Waals surface area (Å²) in [5, 5.41) is 4.99. The highest BCUT2D eigenvalue weighted by Crippen LogP contribution is 2.38. The zero-order valence-electron chi connectivity index (χ0n) is 19.3. The molecule has 0 bridgehead atoms. The summed E-state index contributed by atoms with van der Waals surface area (Å²) in [6.45, 7) is 10.2. The first-order chi connectivity index (χ1) is 15.5. The highest BCUT2D eigenvalue weighted by atomic mass is 32.1. The number of hydrogen-bond donors (Lipinski definition) is 1. The van der Waals surface area contributed by atoms with Crippen LogP contribution >= 0.6 is 23.6 Å². The fourth-order valence-corrected chi connectivity index (χ4v) is 6.28. The van der Waals surface area contributed by atoms with Gasteiger partial charge in [-0.25, -0.2) is 4.79 Å². The highest BCUT2D eigenvalue weighted by molar-refractivity contribution is 7.80. The van der Waals surface area contributed by atoms with Gasteiger partial charge in [0.1, 0.15) is 5.00 Å². The predicted octanol–water partition coefficient (Wildman–Crippen LogP) is 5.33. The molecule has 1 N–H and O–H groups in total. The SMILES string of the molecule is CCOC(=O)c1c(NC(=S)N2CCN(c3cccc(C)c3C)CC2)sc2c1CCCCC2. The molecule has 0 radical (unpaired) electrons. The number of aryl methyl sites for hydroxylation is 2. The first-order valence-electron chi connectivity index (χ1n) is 11.7. The summed E-state index contributed by atoms with van der Waals surface area (Å²) in [5.41, 5.74) is 5.88. The van der Waals surface area contributed by atoms with Crippen molar-refractivity contribution in [2.45, 2.75) is 52.9 Å². The average Bonchev–Trinajstić information content (AvgIpc) is 2.96. The number of benzene rings is 1. The number of carbonyl (C=O) groups excluding carboxylic acids is 1. The molecule has 0 atom stereocenters. The third-order valence-electron chi connectivity index (χ3n) is 6.60. The van der Waals surface area contributed by atoms with E-state index in [0.717, 1.165) is 50.4 Å². The minimum Gasteiger partial charge on any atom is -0.462 e. The van der Waals surface area contributed by atoms with Crippen LogP contribution in [0, 0.1) is 13.8 Å². The molecule has 1 saturated heterocycles. The van der Waals surface area contributed by atoms with Crippen LogP contribution in [0.4, 0.5) is 10.7 Å². The lowest BCUT2D eigenvalue weighted by molar-refractivity contribution is 0.0527. The Bertz CT molecular complexity index is 993. The number of rotatable bonds is 4. The van der Waals surface area contributed by atoms with Gasteiger partial charge in [0.15, 0.2) is 5.11 Å². The van der Waals surface area contributed by atoms with Gasteiger partial charge in [-0.3, -0.25) is 0 Å². The van der Waals surface area contributed by atoms with Crippen LogP contribution in [0.2, 0.25) is 0 Å². The molecule has 172 valence electrons. The summed E-state index contributed by atoms with van der Waals surface area (Å²) >= 11 is 7.47. The van der Waals surface area contributed by atoms with E-state index in [1.54, 1.807) is 11.3 Å². The van der Waals surface area contributed by atoms with Crippen molar-refractivity contribution in [1.82, 2.24) is 4.90 Å². The van der Waals surface area contributed by atoms with E-state index in [9.17, 15) is 4.79 Å². The van der Waals surface area contributed by atoms with Gasteiger partial charge in [-0.15, -0.1) is 11.3 Å². The van der Waals surface area contributed by atoms with Gasteiger partial charge in [-0.1, -0.05) is 18.6 Å². The van der Waals surface area contributed by atoms with Crippen molar-refractivity contribution in [2.75, 3.05) is 43.0 Å². The lowest BCUT2D eigenvalue weighted by atomic mass is 10.1. The van der Waals surface area contributed by atoms with Crippen LogP contribution in [0.5, 0.6) is 0 Å². The molecule has 1 aliphatic heterocycles. The molecule has 32 heavy (non-hydrogen) atoms. The largest absolute Gasteiger partial charge is 0.462 e. The van der Waals surface area contributed by atoms with Crippen LogP contribution < -0.4 is 10.2 Å². The average molecular weight is 472 g/mol. The van der Waals surface area contributed by atoms with E-state index in [2.05, 4.69) is 47.2 Å². The molecule has 7 heteroatoms. The minimum atomic E-state index is -0.225. The number of ether oxygens (including phenoxy) is 1. The van der Waals surface area contributed by atoms with Gasteiger partial charge in [0.2, 0.25) is 0 Å². The van der Waals surface area contributed by atoms with Crippen LogP contribution in [0.3, 0.4) is 0 Å². The van der Waals surface area contributed by atoms with Crippen LogP contribution in [0.15, 0.2) is 18.2 Å². The second-order valence-electron chi connectivity index (χ2n) is 8.61. The molecule has 0 saturated carbocycles. The number of nitrogens with one attached hydrogen (secondary N) is 1. The van der Waals surface area contributed by atoms with Gasteiger partial charge >= 0.3 is 5.97 Å². The van der Waals surface area contributed by atoms with E-state index in [0.29, 0.717) is 17.3 Å². The maximum Gasteiger partial charge on any atom is 0.341 e. The normalized spacial score (nSPS) is 16.3. The summed E-state index contributed by atoms with van der Waals surface area (Å²) in [6.07, 6.45) is 5.51. The van der Waals surface area contributed by atoms with Crippen molar-refractivity contribution in [3.8, 4) is 0 Å². The molecular weight excluding hydrogens is 438 g/mol. The molecular formula is C25H33N3O2S2. The Balaban J connectivity index is 1.46. The van der Waals surface area contributed by atoms with Crippen LogP contribution in [-0.4, -0.2) is 48.8 Å². The van der Waals surface area contributed by atoms with Crippen molar-refractivity contribution < 1.29 is 9.53 Å². The van der Waals surface area contributed by atoms with Gasteiger partial charge in [0.05, 0.1) is 12.2 Å². The van der Waals surface area contributed by atoms with Crippen molar-refractivity contribution in [3.63, 3.8) is 0 Å². The van der Waals surface area contributed by atoms with Crippen molar-refractivity contribution in [3.05, 3.63) is 45.3 Å². The molecule has 0 spiro atoms. The van der Waals surface area contributed by atoms with Crippen molar-refractivity contribution in [1.29, 1.82) is 0 Å². The fraction of sp³-hybridized carbons (Fsp3) is 0.520. The predicted molar refractivity (Wildman–Crippen MR) is 137 cm³/mol. The number of thiocarbonyl (C=S) groups is 1. The van der Waals surface area contributed by atoms with Crippen LogP contribution in [0.25, 0.3) is 0 Å². The topological polar surface area (TPSA) is 44.8 Å². The molecule has 2 aliphatic rings. The summed E-state index contributed by atoms with van der Waals surface area (Å²) < 4.78 is 5.41. The van der Waals surface area contributed by atoms with E-state index in [4.69, 9.17) is 17.0 Å². The summed E-state index contributed by atoms with van der Waals surface area (Å²) in [5.74, 6) is -0.225. The van der Waals surface area contributed by atoms with Crippen LogP contribution in [0.1, 0.15) is 58.1 Å². The smallest absolute Gasteiger partial charge is 0.341 e. The van der Waals surface area contributed by atoms with Crippen molar-refractivity contribution >= 4 is 45.3 Å². The first-order valence-corrected chi connectivity index (χ1v) is 12.9. The molecule has 0 amide bonds. The molecule has 1 aliphatic carbocycles. The van der Waals surface area contributed by atoms with Gasteiger partial charge in [-0.2, -0.15) is 0 Å². The third-order valence-corrected chi connectivity index (χ3v) is 8.17. The summed E-state index contributed by atoms with van der Waals surface area (Å²) in [7, 11) is 0. The number of carbonyl (C=O) groups is 1. The van der Waals surface area contributed by atoms with Crippen molar-refractivity contribution in [2.24, 2.45) is 0 Å². The summed E-state index contributed by atoms with van der Waals surface area (Å²) in [4.78, 5) is 18.8. The highest BCUT2D eigenvalue weighted by Gasteiger charge is 2.27. The third kappa shape index (κ3) is 4.79. The Hall–Kier alpha value is -2.12. The van der Waals surface area contributed by atoms with E-state index in [1.807, 2.05) is 6.92 Å². The minimum absolute atomic E-state index is 0.225. The Morgan fingerprint density at radius 2 is 1.88 bits per heavy atom. The van der Waals surface area contributed by atoms with Gasteiger partial charge < -0.3 is 19.9 Å². The maximum atomic E-state index is 12.8. The van der Waals surface area contributed by atoms with E-state index < -0.39 is 0 Å². The van der Waals surface area contributed by atoms with E-state index in [1.165, 1.54) is 40.1 Å². The fourth-order valence-electron chi connectivity index (χ4n) is 4.65. The molecule has 5 nitrogen and oxygen atoms in total. The Kier molecular flexibility index (Phi) is 7.36. The standard InChI is InChI=1S/C25H33N3O2S2/c1-4-30-24(29)22-19-10-6-5-7-12-21(19)32-23(22)26-25(31)28-15-13-27(14-16-28)20-11-8-9-17(2)18(20)3/h8-9,11H,4-7,10,12-16H2,1-3H3,(H,26,31). The number of hydrogen-bond acceptors (Lipinski definition) is 5.